The van der Waals surface area contributed by atoms with E-state index in [2.05, 4.69) is 4.90 Å². The largest absolute Gasteiger partial charge is 0.484 e. The summed E-state index contributed by atoms with van der Waals surface area (Å²) in [7, 11) is 0. The highest BCUT2D eigenvalue weighted by atomic mass is 19.1. The zero-order chi connectivity index (χ0) is 18.6. The number of amides is 1. The lowest BCUT2D eigenvalue weighted by Gasteiger charge is -2.34. The van der Waals surface area contributed by atoms with Gasteiger partial charge >= 0.3 is 0 Å². The molecule has 0 saturated carbocycles. The third-order valence-electron chi connectivity index (χ3n) is 4.73. The van der Waals surface area contributed by atoms with Crippen molar-refractivity contribution in [3.8, 4) is 17.2 Å². The summed E-state index contributed by atoms with van der Waals surface area (Å²) in [5, 5.41) is 0. The van der Waals surface area contributed by atoms with Crippen LogP contribution in [-0.2, 0) is 11.3 Å². The lowest BCUT2D eigenvalue weighted by Crippen LogP contribution is -2.49. The number of fused-ring (bicyclic) bond motifs is 1. The van der Waals surface area contributed by atoms with Crippen molar-refractivity contribution in [1.82, 2.24) is 9.80 Å². The van der Waals surface area contributed by atoms with Crippen LogP contribution >= 0.6 is 0 Å². The zero-order valence-corrected chi connectivity index (χ0v) is 14.9. The van der Waals surface area contributed by atoms with Gasteiger partial charge in [0.1, 0.15) is 11.6 Å². The molecule has 2 aliphatic heterocycles. The van der Waals surface area contributed by atoms with Crippen molar-refractivity contribution in [1.29, 1.82) is 0 Å². The van der Waals surface area contributed by atoms with Gasteiger partial charge in [-0.2, -0.15) is 0 Å². The topological polar surface area (TPSA) is 51.2 Å². The molecule has 0 N–H and O–H groups in total. The van der Waals surface area contributed by atoms with Crippen molar-refractivity contribution in [2.24, 2.45) is 0 Å². The monoisotopic (exact) mass is 372 g/mol. The predicted molar refractivity (Wildman–Crippen MR) is 96.3 cm³/mol. The Morgan fingerprint density at radius 2 is 1.85 bits per heavy atom. The molecule has 0 spiro atoms. The molecule has 0 unspecified atom stereocenters. The van der Waals surface area contributed by atoms with E-state index in [0.717, 1.165) is 36.7 Å². The van der Waals surface area contributed by atoms with Crippen LogP contribution in [-0.4, -0.2) is 55.3 Å². The molecule has 142 valence electrons. The molecule has 2 heterocycles. The first-order valence-corrected chi connectivity index (χ1v) is 8.94. The average molecular weight is 372 g/mol. The van der Waals surface area contributed by atoms with Crippen LogP contribution in [0.3, 0.4) is 0 Å². The first kappa shape index (κ1) is 17.6. The van der Waals surface area contributed by atoms with Crippen LogP contribution in [0.15, 0.2) is 42.5 Å². The number of carbonyl (C=O) groups is 1. The number of halogens is 1. The maximum absolute atomic E-state index is 13.1. The number of piperazine rings is 1. The highest BCUT2D eigenvalue weighted by Gasteiger charge is 2.22. The lowest BCUT2D eigenvalue weighted by atomic mass is 10.1. The van der Waals surface area contributed by atoms with Crippen LogP contribution in [0.4, 0.5) is 4.39 Å². The first-order valence-electron chi connectivity index (χ1n) is 8.94. The summed E-state index contributed by atoms with van der Waals surface area (Å²) in [6, 6.07) is 11.8. The van der Waals surface area contributed by atoms with Crippen molar-refractivity contribution in [3.63, 3.8) is 0 Å². The molecule has 4 rings (SSSR count). The van der Waals surface area contributed by atoms with E-state index in [1.54, 1.807) is 17.0 Å². The molecule has 2 aliphatic rings. The van der Waals surface area contributed by atoms with Crippen LogP contribution in [0.5, 0.6) is 17.2 Å². The maximum atomic E-state index is 13.1. The molecular weight excluding hydrogens is 351 g/mol. The Morgan fingerprint density at radius 1 is 1.04 bits per heavy atom. The van der Waals surface area contributed by atoms with Gasteiger partial charge in [-0.1, -0.05) is 12.1 Å². The summed E-state index contributed by atoms with van der Waals surface area (Å²) in [6.45, 7) is 3.88. The molecular formula is C20H21FN2O4. The summed E-state index contributed by atoms with van der Waals surface area (Å²) in [4.78, 5) is 16.4. The smallest absolute Gasteiger partial charge is 0.260 e. The molecule has 1 amide bonds. The van der Waals surface area contributed by atoms with E-state index in [4.69, 9.17) is 14.2 Å². The van der Waals surface area contributed by atoms with Gasteiger partial charge in [0.25, 0.3) is 5.91 Å². The fraction of sp³-hybridized carbons (Fsp3) is 0.350. The molecule has 6 nitrogen and oxygen atoms in total. The lowest BCUT2D eigenvalue weighted by molar-refractivity contribution is -0.135. The Balaban J connectivity index is 1.24. The minimum Gasteiger partial charge on any atom is -0.484 e. The molecule has 0 aliphatic carbocycles. The van der Waals surface area contributed by atoms with Crippen molar-refractivity contribution in [2.45, 2.75) is 6.54 Å². The molecule has 0 aromatic heterocycles. The van der Waals surface area contributed by atoms with Gasteiger partial charge in [0.2, 0.25) is 6.79 Å². The molecule has 1 saturated heterocycles. The molecule has 0 radical (unpaired) electrons. The van der Waals surface area contributed by atoms with E-state index in [-0.39, 0.29) is 25.1 Å². The fourth-order valence-corrected chi connectivity index (χ4v) is 3.25. The quantitative estimate of drug-likeness (QED) is 0.806. The van der Waals surface area contributed by atoms with Crippen LogP contribution in [0.1, 0.15) is 5.56 Å². The van der Waals surface area contributed by atoms with Gasteiger partial charge in [-0.3, -0.25) is 9.69 Å². The normalized spacial score (nSPS) is 16.4. The number of ether oxygens (including phenoxy) is 3. The van der Waals surface area contributed by atoms with Gasteiger partial charge in [-0.15, -0.1) is 0 Å². The number of hydrogen-bond acceptors (Lipinski definition) is 5. The van der Waals surface area contributed by atoms with E-state index in [1.807, 2.05) is 18.2 Å². The Bertz CT molecular complexity index is 821. The number of nitrogens with zero attached hydrogens (tertiary/aromatic N) is 2. The fourth-order valence-electron chi connectivity index (χ4n) is 3.25. The highest BCUT2D eigenvalue weighted by Crippen LogP contribution is 2.32. The number of carbonyl (C=O) groups excluding carboxylic acids is 1. The van der Waals surface area contributed by atoms with Gasteiger partial charge in [0, 0.05) is 38.8 Å². The summed E-state index contributed by atoms with van der Waals surface area (Å²) >= 11 is 0. The minimum atomic E-state index is -0.378. The van der Waals surface area contributed by atoms with Crippen LogP contribution in [0.2, 0.25) is 0 Å². The van der Waals surface area contributed by atoms with Gasteiger partial charge in [-0.25, -0.2) is 4.39 Å². The molecule has 0 atom stereocenters. The van der Waals surface area contributed by atoms with E-state index in [0.29, 0.717) is 18.8 Å². The minimum absolute atomic E-state index is 0.0778. The second kappa shape index (κ2) is 7.84. The molecule has 27 heavy (non-hydrogen) atoms. The Kier molecular flexibility index (Phi) is 5.11. The average Bonchev–Trinajstić information content (AvgIpc) is 3.15. The van der Waals surface area contributed by atoms with Crippen molar-refractivity contribution in [3.05, 3.63) is 53.8 Å². The number of hydrogen-bond donors (Lipinski definition) is 0. The van der Waals surface area contributed by atoms with Gasteiger partial charge in [0.15, 0.2) is 18.1 Å². The maximum Gasteiger partial charge on any atom is 0.260 e. The third-order valence-corrected chi connectivity index (χ3v) is 4.73. The Labute approximate surface area is 157 Å². The highest BCUT2D eigenvalue weighted by molar-refractivity contribution is 5.77. The van der Waals surface area contributed by atoms with E-state index >= 15 is 0 Å². The molecule has 1 fully saturated rings. The molecule has 2 aromatic carbocycles. The van der Waals surface area contributed by atoms with E-state index in [1.165, 1.54) is 12.1 Å². The summed E-state index contributed by atoms with van der Waals surface area (Å²) < 4.78 is 29.3. The number of benzene rings is 2. The van der Waals surface area contributed by atoms with Gasteiger partial charge in [-0.05, 0) is 29.8 Å². The second-order valence-electron chi connectivity index (χ2n) is 6.59. The standard InChI is InChI=1S/C20H21FN2O4/c21-16-2-1-3-17(11-16)25-13-20(24)23-8-6-22(7-9-23)12-15-4-5-18-19(10-15)27-14-26-18/h1-5,10-11H,6-9,12-14H2. The van der Waals surface area contributed by atoms with Crippen molar-refractivity contribution < 1.29 is 23.4 Å². The van der Waals surface area contributed by atoms with Crippen LogP contribution in [0, 0.1) is 5.82 Å². The Morgan fingerprint density at radius 3 is 2.67 bits per heavy atom. The Hall–Kier alpha value is -2.80. The van der Waals surface area contributed by atoms with E-state index in [9.17, 15) is 9.18 Å². The first-order chi connectivity index (χ1) is 13.2. The van der Waals surface area contributed by atoms with Crippen molar-refractivity contribution >= 4 is 5.91 Å². The molecule has 2 aromatic rings. The zero-order valence-electron chi connectivity index (χ0n) is 14.9. The van der Waals surface area contributed by atoms with E-state index < -0.39 is 0 Å². The van der Waals surface area contributed by atoms with Gasteiger partial charge in [0.05, 0.1) is 0 Å². The second-order valence-corrected chi connectivity index (χ2v) is 6.59. The summed E-state index contributed by atoms with van der Waals surface area (Å²) in [6.07, 6.45) is 0. The predicted octanol–water partition coefficient (Wildman–Crippen LogP) is 2.28. The van der Waals surface area contributed by atoms with Crippen molar-refractivity contribution in [2.75, 3.05) is 39.6 Å². The SMILES string of the molecule is O=C(COc1cccc(F)c1)N1CCN(Cc2ccc3c(c2)OCO3)CC1. The van der Waals surface area contributed by atoms with Crippen LogP contribution < -0.4 is 14.2 Å². The summed E-state index contributed by atoms with van der Waals surface area (Å²) in [5.74, 6) is 1.48. The molecule has 0 bridgehead atoms. The van der Waals surface area contributed by atoms with Gasteiger partial charge < -0.3 is 19.1 Å². The summed E-state index contributed by atoms with van der Waals surface area (Å²) in [5.41, 5.74) is 1.16. The third kappa shape index (κ3) is 4.31. The number of rotatable bonds is 5. The van der Waals surface area contributed by atoms with Crippen LogP contribution in [0.25, 0.3) is 0 Å². The molecule has 7 heteroatoms.